The summed E-state index contributed by atoms with van der Waals surface area (Å²) in [6.07, 6.45) is 0.382. The van der Waals surface area contributed by atoms with Crippen molar-refractivity contribution in [1.29, 1.82) is 0 Å². The number of anilines is 2. The molecule has 0 aliphatic carbocycles. The second kappa shape index (κ2) is 10.6. The third-order valence-electron chi connectivity index (χ3n) is 6.44. The quantitative estimate of drug-likeness (QED) is 0.288. The van der Waals surface area contributed by atoms with E-state index in [4.69, 9.17) is 20.8 Å². The van der Waals surface area contributed by atoms with Crippen LogP contribution in [0.4, 0.5) is 11.4 Å². The minimum atomic E-state index is -0.412. The number of nitrogens with zero attached hydrogens (tertiary/aromatic N) is 2. The summed E-state index contributed by atoms with van der Waals surface area (Å²) in [5, 5.41) is 9.11. The Balaban J connectivity index is 1.31. The van der Waals surface area contributed by atoms with Gasteiger partial charge in [-0.15, -0.1) is 0 Å². The molecule has 7 nitrogen and oxygen atoms in total. The van der Waals surface area contributed by atoms with E-state index in [2.05, 4.69) is 10.4 Å². The molecule has 1 N–H and O–H groups in total. The van der Waals surface area contributed by atoms with E-state index < -0.39 is 5.92 Å². The fraction of sp³-hybridized carbons (Fsp3) is 0.167. The Morgan fingerprint density at radius 2 is 1.84 bits per heavy atom. The number of hydrogen-bond acceptors (Lipinski definition) is 5. The van der Waals surface area contributed by atoms with Crippen molar-refractivity contribution < 1.29 is 18.7 Å². The van der Waals surface area contributed by atoms with Gasteiger partial charge in [0.2, 0.25) is 0 Å². The fourth-order valence-corrected chi connectivity index (χ4v) is 4.51. The van der Waals surface area contributed by atoms with E-state index in [1.54, 1.807) is 49.6 Å². The van der Waals surface area contributed by atoms with E-state index in [-0.39, 0.29) is 11.8 Å². The summed E-state index contributed by atoms with van der Waals surface area (Å²) in [6.45, 7) is 3.85. The first-order chi connectivity index (χ1) is 18.3. The number of furan rings is 1. The van der Waals surface area contributed by atoms with E-state index >= 15 is 0 Å². The molecule has 0 saturated heterocycles. The van der Waals surface area contributed by atoms with E-state index in [0.29, 0.717) is 45.5 Å². The molecule has 2 heterocycles. The van der Waals surface area contributed by atoms with Gasteiger partial charge in [-0.25, -0.2) is 5.01 Å². The van der Waals surface area contributed by atoms with Crippen molar-refractivity contribution in [3.63, 3.8) is 0 Å². The van der Waals surface area contributed by atoms with Crippen molar-refractivity contribution in [3.05, 3.63) is 101 Å². The number of aryl methyl sites for hydroxylation is 1. The van der Waals surface area contributed by atoms with Crippen LogP contribution in [-0.4, -0.2) is 24.6 Å². The first-order valence-electron chi connectivity index (χ1n) is 12.1. The summed E-state index contributed by atoms with van der Waals surface area (Å²) in [7, 11) is 1.57. The zero-order valence-corrected chi connectivity index (χ0v) is 22.0. The lowest BCUT2D eigenvalue weighted by molar-refractivity contribution is -0.119. The first kappa shape index (κ1) is 25.3. The molecular weight excluding hydrogens is 502 g/mol. The molecular formula is C30H26ClN3O4. The summed E-state index contributed by atoms with van der Waals surface area (Å²) in [6, 6.07) is 23.6. The van der Waals surface area contributed by atoms with Gasteiger partial charge in [0.25, 0.3) is 11.8 Å². The predicted molar refractivity (Wildman–Crippen MR) is 149 cm³/mol. The number of methoxy groups -OCH3 is 1. The number of benzene rings is 3. The highest BCUT2D eigenvalue weighted by Crippen LogP contribution is 2.31. The lowest BCUT2D eigenvalue weighted by atomic mass is 9.99. The maximum atomic E-state index is 13.1. The third-order valence-corrected chi connectivity index (χ3v) is 6.77. The van der Waals surface area contributed by atoms with Crippen LogP contribution in [0.5, 0.6) is 5.75 Å². The Morgan fingerprint density at radius 3 is 2.61 bits per heavy atom. The number of hydrazone groups is 1. The van der Waals surface area contributed by atoms with Crippen LogP contribution in [0, 0.1) is 12.8 Å². The van der Waals surface area contributed by atoms with Crippen molar-refractivity contribution in [3.8, 4) is 17.1 Å². The number of rotatable bonds is 7. The topological polar surface area (TPSA) is 84.1 Å². The molecule has 4 aromatic rings. The zero-order valence-electron chi connectivity index (χ0n) is 21.2. The maximum Gasteiger partial charge on any atom is 0.257 e. The van der Waals surface area contributed by atoms with Gasteiger partial charge in [0.15, 0.2) is 0 Å². The average molecular weight is 528 g/mol. The molecule has 0 fully saturated rings. The number of carbonyl (C=O) groups excluding carboxylic acids is 2. The van der Waals surface area contributed by atoms with Crippen LogP contribution >= 0.6 is 11.6 Å². The first-order valence-corrected chi connectivity index (χ1v) is 12.5. The molecule has 1 atom stereocenters. The molecule has 2 amide bonds. The number of amides is 2. The molecule has 1 aromatic heterocycles. The monoisotopic (exact) mass is 527 g/mol. The van der Waals surface area contributed by atoms with Gasteiger partial charge in [0, 0.05) is 29.4 Å². The number of hydrogen-bond donors (Lipinski definition) is 1. The van der Waals surface area contributed by atoms with Gasteiger partial charge in [-0.05, 0) is 68.4 Å². The minimum Gasteiger partial charge on any atom is -0.497 e. The number of ether oxygens (including phenoxy) is 1. The largest absolute Gasteiger partial charge is 0.497 e. The standard InChI is InChI=1S/C30H26ClN3O4/c1-18-7-10-22(11-8-18)34-30(36)25(19(2)33-34)17-24-12-14-28(38-24)20-9-13-27(31)26(15-20)29(35)32-21-5-4-6-23(16-21)37-3/h4-16,25H,17H2,1-3H3,(H,32,35). The van der Waals surface area contributed by atoms with Crippen LogP contribution in [0.25, 0.3) is 11.3 Å². The Morgan fingerprint density at radius 1 is 1.05 bits per heavy atom. The lowest BCUT2D eigenvalue weighted by Gasteiger charge is -2.14. The van der Waals surface area contributed by atoms with Crippen LogP contribution in [0.15, 0.2) is 88.4 Å². The lowest BCUT2D eigenvalue weighted by Crippen LogP contribution is -2.28. The van der Waals surface area contributed by atoms with Crippen LogP contribution in [0.3, 0.4) is 0 Å². The fourth-order valence-electron chi connectivity index (χ4n) is 4.30. The highest BCUT2D eigenvalue weighted by Gasteiger charge is 2.35. The van der Waals surface area contributed by atoms with E-state index in [0.717, 1.165) is 17.0 Å². The maximum absolute atomic E-state index is 13.1. The molecule has 1 aliphatic heterocycles. The molecule has 0 radical (unpaired) electrons. The molecule has 0 spiro atoms. The van der Waals surface area contributed by atoms with E-state index in [1.165, 1.54) is 5.01 Å². The SMILES string of the molecule is COc1cccc(NC(=O)c2cc(-c3ccc(CC4C(=O)N(c5ccc(C)cc5)N=C4C)o3)ccc2Cl)c1. The Hall–Kier alpha value is -4.36. The van der Waals surface area contributed by atoms with Gasteiger partial charge >= 0.3 is 0 Å². The molecule has 0 saturated carbocycles. The highest BCUT2D eigenvalue weighted by atomic mass is 35.5. The van der Waals surface area contributed by atoms with Gasteiger partial charge in [0.05, 0.1) is 29.3 Å². The van der Waals surface area contributed by atoms with E-state index in [1.807, 2.05) is 50.2 Å². The summed E-state index contributed by atoms with van der Waals surface area (Å²) in [4.78, 5) is 26.1. The molecule has 38 heavy (non-hydrogen) atoms. The summed E-state index contributed by atoms with van der Waals surface area (Å²) in [5.74, 6) is 1.00. The summed E-state index contributed by atoms with van der Waals surface area (Å²) in [5.41, 5.74) is 4.19. The number of halogens is 1. The van der Waals surface area contributed by atoms with E-state index in [9.17, 15) is 9.59 Å². The molecule has 192 valence electrons. The minimum absolute atomic E-state index is 0.0905. The van der Waals surface area contributed by atoms with Gasteiger partial charge in [-0.2, -0.15) is 5.10 Å². The van der Waals surface area contributed by atoms with Crippen LogP contribution < -0.4 is 15.1 Å². The highest BCUT2D eigenvalue weighted by molar-refractivity contribution is 6.34. The molecule has 5 rings (SSSR count). The van der Waals surface area contributed by atoms with Crippen molar-refractivity contribution in [2.45, 2.75) is 20.3 Å². The summed E-state index contributed by atoms with van der Waals surface area (Å²) >= 11 is 6.36. The van der Waals surface area contributed by atoms with Crippen LogP contribution in [0.1, 0.15) is 28.6 Å². The number of carbonyl (C=O) groups is 2. The van der Waals surface area contributed by atoms with Gasteiger partial charge in [-0.3, -0.25) is 9.59 Å². The molecule has 1 aliphatic rings. The molecule has 0 bridgehead atoms. The summed E-state index contributed by atoms with van der Waals surface area (Å²) < 4.78 is 11.3. The normalized spacial score (nSPS) is 14.9. The molecule has 1 unspecified atom stereocenters. The van der Waals surface area contributed by atoms with Crippen molar-refractivity contribution in [1.82, 2.24) is 0 Å². The van der Waals surface area contributed by atoms with Crippen LogP contribution in [0.2, 0.25) is 5.02 Å². The van der Waals surface area contributed by atoms with Gasteiger partial charge in [-0.1, -0.05) is 35.4 Å². The Bertz CT molecular complexity index is 1540. The molecule has 8 heteroatoms. The molecule has 3 aromatic carbocycles. The zero-order chi connectivity index (χ0) is 26.8. The van der Waals surface area contributed by atoms with Gasteiger partial charge < -0.3 is 14.5 Å². The predicted octanol–water partition coefficient (Wildman–Crippen LogP) is 6.75. The number of nitrogens with one attached hydrogen (secondary N) is 1. The van der Waals surface area contributed by atoms with Crippen LogP contribution in [-0.2, 0) is 11.2 Å². The van der Waals surface area contributed by atoms with Crippen molar-refractivity contribution >= 4 is 40.5 Å². The van der Waals surface area contributed by atoms with Crippen molar-refractivity contribution in [2.75, 3.05) is 17.4 Å². The van der Waals surface area contributed by atoms with Crippen molar-refractivity contribution in [2.24, 2.45) is 11.0 Å². The second-order valence-corrected chi connectivity index (χ2v) is 9.54. The third kappa shape index (κ3) is 5.19. The average Bonchev–Trinajstić information content (AvgIpc) is 3.50. The second-order valence-electron chi connectivity index (χ2n) is 9.13. The Labute approximate surface area is 225 Å². The smallest absolute Gasteiger partial charge is 0.257 e. The van der Waals surface area contributed by atoms with Gasteiger partial charge in [0.1, 0.15) is 17.3 Å². The Kier molecular flexibility index (Phi) is 7.03.